The third-order valence-electron chi connectivity index (χ3n) is 6.68. The van der Waals surface area contributed by atoms with E-state index in [0.717, 1.165) is 31.1 Å². The van der Waals surface area contributed by atoms with Gasteiger partial charge in [0.15, 0.2) is 0 Å². The van der Waals surface area contributed by atoms with Crippen molar-refractivity contribution in [1.82, 2.24) is 5.32 Å². The molecule has 2 atom stereocenters. The van der Waals surface area contributed by atoms with Gasteiger partial charge in [0, 0.05) is 37.1 Å². The molecular weight excluding hydrogens is 402 g/mol. The Morgan fingerprint density at radius 2 is 2.00 bits per heavy atom. The van der Waals surface area contributed by atoms with Crippen molar-refractivity contribution in [3.05, 3.63) is 77.7 Å². The smallest absolute Gasteiger partial charge is 0.225 e. The lowest BCUT2D eigenvalue weighted by Gasteiger charge is -2.49. The number of amides is 1. The van der Waals surface area contributed by atoms with Crippen molar-refractivity contribution in [2.24, 2.45) is 5.92 Å². The van der Waals surface area contributed by atoms with Gasteiger partial charge in [-0.05, 0) is 49.2 Å². The molecule has 2 aliphatic rings. The van der Waals surface area contributed by atoms with Crippen molar-refractivity contribution < 1.29 is 13.9 Å². The zero-order valence-corrected chi connectivity index (χ0v) is 18.6. The maximum absolute atomic E-state index is 13.3. The molecule has 2 aliphatic heterocycles. The number of fused-ring (bicyclic) bond motifs is 3. The van der Waals surface area contributed by atoms with E-state index in [1.54, 1.807) is 13.4 Å². The number of benzene rings is 2. The first-order valence-electron chi connectivity index (χ1n) is 11.2. The molecule has 0 unspecified atom stereocenters. The number of hydrogen-bond donors (Lipinski definition) is 1. The molecule has 166 valence electrons. The highest BCUT2D eigenvalue weighted by Gasteiger charge is 2.41. The van der Waals surface area contributed by atoms with Gasteiger partial charge in [0.25, 0.3) is 0 Å². The summed E-state index contributed by atoms with van der Waals surface area (Å²) in [4.78, 5) is 18.2. The fourth-order valence-electron chi connectivity index (χ4n) is 4.91. The summed E-state index contributed by atoms with van der Waals surface area (Å²) in [6.45, 7) is 5.09. The number of piperazine rings is 1. The van der Waals surface area contributed by atoms with Crippen LogP contribution in [0.2, 0.25) is 0 Å². The first-order chi connectivity index (χ1) is 15.6. The van der Waals surface area contributed by atoms with Crippen LogP contribution in [0.3, 0.4) is 0 Å². The fourth-order valence-corrected chi connectivity index (χ4v) is 4.91. The molecule has 1 aromatic heterocycles. The number of hydrogen-bond acceptors (Lipinski definition) is 5. The number of nitrogens with one attached hydrogen (secondary N) is 1. The summed E-state index contributed by atoms with van der Waals surface area (Å²) in [6, 6.07) is 18.7. The average Bonchev–Trinajstić information content (AvgIpc) is 3.35. The van der Waals surface area contributed by atoms with Crippen molar-refractivity contribution in [3.8, 4) is 5.75 Å². The van der Waals surface area contributed by atoms with E-state index < -0.39 is 0 Å². The van der Waals surface area contributed by atoms with Crippen molar-refractivity contribution in [1.29, 1.82) is 0 Å². The number of nitrogens with zero attached hydrogens (tertiary/aromatic N) is 2. The molecule has 3 aromatic rings. The minimum Gasteiger partial charge on any atom is -0.497 e. The molecule has 1 fully saturated rings. The molecule has 0 radical (unpaired) electrons. The summed E-state index contributed by atoms with van der Waals surface area (Å²) < 4.78 is 10.9. The lowest BCUT2D eigenvalue weighted by molar-refractivity contribution is -0.126. The Morgan fingerprint density at radius 1 is 1.16 bits per heavy atom. The van der Waals surface area contributed by atoms with Gasteiger partial charge in [-0.25, -0.2) is 0 Å². The molecule has 1 saturated heterocycles. The number of anilines is 2. The number of carbonyl (C=O) groups excluding carboxylic acids is 1. The van der Waals surface area contributed by atoms with Crippen LogP contribution in [0.4, 0.5) is 11.4 Å². The predicted molar refractivity (Wildman–Crippen MR) is 125 cm³/mol. The zero-order chi connectivity index (χ0) is 22.1. The van der Waals surface area contributed by atoms with Crippen molar-refractivity contribution in [3.63, 3.8) is 0 Å². The summed E-state index contributed by atoms with van der Waals surface area (Å²) in [5.41, 5.74) is 4.85. The van der Waals surface area contributed by atoms with Crippen LogP contribution in [0.5, 0.6) is 5.75 Å². The number of carbonyl (C=O) groups is 1. The van der Waals surface area contributed by atoms with E-state index in [1.807, 2.05) is 18.2 Å². The predicted octanol–water partition coefficient (Wildman–Crippen LogP) is 3.78. The standard InChI is InChI=1S/C26H29N3O3/c1-18-5-8-20(9-6-18)28-11-12-29-24-15-21(31-2)10-7-19(24)14-23(25(29)17-28)26(30)27-16-22-4-3-13-32-22/h3-10,13,15,23,25H,11-12,14,16-17H2,1-2H3,(H,27,30)/t23-,25+/m0/s1. The number of methoxy groups -OCH3 is 1. The van der Waals surface area contributed by atoms with Crippen LogP contribution in [-0.2, 0) is 17.8 Å². The first kappa shape index (κ1) is 20.5. The lowest BCUT2D eigenvalue weighted by Crippen LogP contribution is -2.61. The minimum atomic E-state index is -0.140. The molecule has 5 rings (SSSR count). The maximum Gasteiger partial charge on any atom is 0.225 e. The monoisotopic (exact) mass is 431 g/mol. The molecule has 6 heteroatoms. The largest absolute Gasteiger partial charge is 0.497 e. The third kappa shape index (κ3) is 3.93. The van der Waals surface area contributed by atoms with Gasteiger partial charge >= 0.3 is 0 Å². The van der Waals surface area contributed by atoms with Gasteiger partial charge < -0.3 is 24.3 Å². The molecule has 0 aliphatic carbocycles. The van der Waals surface area contributed by atoms with Gasteiger partial charge in [0.2, 0.25) is 5.91 Å². The Labute approximate surface area is 188 Å². The molecule has 0 saturated carbocycles. The van der Waals surface area contributed by atoms with Crippen LogP contribution < -0.4 is 19.9 Å². The second kappa shape index (κ2) is 8.61. The average molecular weight is 432 g/mol. The van der Waals surface area contributed by atoms with Crippen molar-refractivity contribution in [2.75, 3.05) is 36.5 Å². The van der Waals surface area contributed by atoms with E-state index in [1.165, 1.54) is 22.5 Å². The summed E-state index contributed by atoms with van der Waals surface area (Å²) >= 11 is 0. The molecule has 1 N–H and O–H groups in total. The summed E-state index contributed by atoms with van der Waals surface area (Å²) in [5, 5.41) is 3.10. The number of aryl methyl sites for hydroxylation is 1. The third-order valence-corrected chi connectivity index (χ3v) is 6.68. The van der Waals surface area contributed by atoms with Crippen LogP contribution >= 0.6 is 0 Å². The van der Waals surface area contributed by atoms with Crippen LogP contribution in [0.15, 0.2) is 65.3 Å². The van der Waals surface area contributed by atoms with Crippen LogP contribution in [0, 0.1) is 12.8 Å². The van der Waals surface area contributed by atoms with Crippen LogP contribution in [0.25, 0.3) is 0 Å². The second-order valence-corrected chi connectivity index (χ2v) is 8.64. The maximum atomic E-state index is 13.3. The molecule has 1 amide bonds. The summed E-state index contributed by atoms with van der Waals surface area (Å²) in [7, 11) is 1.70. The highest BCUT2D eigenvalue weighted by atomic mass is 16.5. The first-order valence-corrected chi connectivity index (χ1v) is 11.2. The van der Waals surface area contributed by atoms with Gasteiger partial charge in [0.05, 0.1) is 31.9 Å². The Bertz CT molecular complexity index is 1080. The topological polar surface area (TPSA) is 58.0 Å². The van der Waals surface area contributed by atoms with Gasteiger partial charge in [-0.1, -0.05) is 23.8 Å². The van der Waals surface area contributed by atoms with Crippen LogP contribution in [0.1, 0.15) is 16.9 Å². The van der Waals surface area contributed by atoms with Gasteiger partial charge in [-0.15, -0.1) is 0 Å². The molecular formula is C26H29N3O3. The SMILES string of the molecule is COc1ccc2c(c1)N1CCN(c3ccc(C)cc3)C[C@@H]1[C@@H](C(=O)NCc1ccco1)C2. The molecule has 0 bridgehead atoms. The number of furan rings is 1. The zero-order valence-electron chi connectivity index (χ0n) is 18.6. The van der Waals surface area contributed by atoms with Gasteiger partial charge in [-0.3, -0.25) is 4.79 Å². The lowest BCUT2D eigenvalue weighted by atomic mass is 9.83. The van der Waals surface area contributed by atoms with E-state index in [-0.39, 0.29) is 17.9 Å². The Hall–Kier alpha value is -3.41. The molecule has 32 heavy (non-hydrogen) atoms. The van der Waals surface area contributed by atoms with Crippen molar-refractivity contribution in [2.45, 2.75) is 25.9 Å². The highest BCUT2D eigenvalue weighted by Crippen LogP contribution is 2.39. The van der Waals surface area contributed by atoms with Gasteiger partial charge in [0.1, 0.15) is 11.5 Å². The summed E-state index contributed by atoms with van der Waals surface area (Å²) in [6.07, 6.45) is 2.35. The second-order valence-electron chi connectivity index (χ2n) is 8.64. The Balaban J connectivity index is 1.43. The highest BCUT2D eigenvalue weighted by molar-refractivity contribution is 5.82. The molecule has 6 nitrogen and oxygen atoms in total. The van der Waals surface area contributed by atoms with E-state index in [0.29, 0.717) is 13.0 Å². The van der Waals surface area contributed by atoms with E-state index in [2.05, 4.69) is 58.4 Å². The van der Waals surface area contributed by atoms with Crippen LogP contribution in [-0.4, -0.2) is 38.7 Å². The number of ether oxygens (including phenoxy) is 1. The van der Waals surface area contributed by atoms with Gasteiger partial charge in [-0.2, -0.15) is 0 Å². The summed E-state index contributed by atoms with van der Waals surface area (Å²) in [5.74, 6) is 1.55. The molecule has 2 aromatic carbocycles. The molecule has 0 spiro atoms. The van der Waals surface area contributed by atoms with E-state index in [9.17, 15) is 4.79 Å². The number of rotatable bonds is 5. The molecule has 3 heterocycles. The fraction of sp³-hybridized carbons (Fsp3) is 0.346. The minimum absolute atomic E-state index is 0.0728. The van der Waals surface area contributed by atoms with Crippen molar-refractivity contribution >= 4 is 17.3 Å². The quantitative estimate of drug-likeness (QED) is 0.666. The normalized spacial score (nSPS) is 19.8. The Kier molecular flexibility index (Phi) is 5.52. The van der Waals surface area contributed by atoms with E-state index >= 15 is 0 Å². The van der Waals surface area contributed by atoms with E-state index in [4.69, 9.17) is 9.15 Å². The Morgan fingerprint density at radius 3 is 2.75 bits per heavy atom.